The Kier molecular flexibility index (Phi) is 9.06. The molecule has 4 heteroatoms. The maximum absolute atomic E-state index is 9.99. The highest BCUT2D eigenvalue weighted by Gasteiger charge is 2.11. The van der Waals surface area contributed by atoms with Crippen LogP contribution in [0.2, 0.25) is 0 Å². The van der Waals surface area contributed by atoms with Gasteiger partial charge in [0.25, 0.3) is 0 Å². The lowest BCUT2D eigenvalue weighted by Gasteiger charge is -2.20. The number of aliphatic hydroxyl groups excluding tert-OH is 1. The van der Waals surface area contributed by atoms with E-state index in [2.05, 4.69) is 25.2 Å². The highest BCUT2D eigenvalue weighted by atomic mass is 16.5. The lowest BCUT2D eigenvalue weighted by molar-refractivity contribution is 0.0946. The maximum Gasteiger partial charge on any atom is 0.119 e. The van der Waals surface area contributed by atoms with Crippen molar-refractivity contribution >= 4 is 0 Å². The molecule has 0 saturated carbocycles. The van der Waals surface area contributed by atoms with Crippen LogP contribution in [0.3, 0.4) is 0 Å². The quantitative estimate of drug-likeness (QED) is 0.658. The van der Waals surface area contributed by atoms with Gasteiger partial charge in [0.1, 0.15) is 18.5 Å². The molecule has 0 radical (unpaired) electrons. The van der Waals surface area contributed by atoms with Gasteiger partial charge in [-0.2, -0.15) is 0 Å². The molecule has 4 nitrogen and oxygen atoms in total. The summed E-state index contributed by atoms with van der Waals surface area (Å²) in [6, 6.07) is 8.28. The molecular weight excluding hydrogens is 266 g/mol. The van der Waals surface area contributed by atoms with Gasteiger partial charge in [-0.15, -0.1) is 0 Å². The lowest BCUT2D eigenvalue weighted by Crippen LogP contribution is -2.40. The molecule has 2 atom stereocenters. The minimum atomic E-state index is -0.522. The molecule has 1 aromatic rings. The van der Waals surface area contributed by atoms with Crippen molar-refractivity contribution in [3.8, 4) is 5.75 Å². The zero-order valence-corrected chi connectivity index (χ0v) is 13.5. The van der Waals surface area contributed by atoms with Crippen molar-refractivity contribution in [3.63, 3.8) is 0 Å². The Morgan fingerprint density at radius 3 is 2.71 bits per heavy atom. The van der Waals surface area contributed by atoms with Crippen molar-refractivity contribution in [3.05, 3.63) is 29.8 Å². The van der Waals surface area contributed by atoms with E-state index >= 15 is 0 Å². The van der Waals surface area contributed by atoms with E-state index in [1.807, 2.05) is 18.2 Å². The fraction of sp³-hybridized carbons (Fsp3) is 0.647. The van der Waals surface area contributed by atoms with Crippen LogP contribution in [-0.2, 0) is 11.2 Å². The summed E-state index contributed by atoms with van der Waals surface area (Å²) < 4.78 is 10.8. The summed E-state index contributed by atoms with van der Waals surface area (Å²) in [5.41, 5.74) is 1.24. The van der Waals surface area contributed by atoms with Crippen LogP contribution in [0.25, 0.3) is 0 Å². The van der Waals surface area contributed by atoms with E-state index in [0.717, 1.165) is 25.0 Å². The molecular formula is C17H29NO3. The predicted molar refractivity (Wildman–Crippen MR) is 85.9 cm³/mol. The number of hydrogen-bond acceptors (Lipinski definition) is 4. The van der Waals surface area contributed by atoms with Crippen molar-refractivity contribution < 1.29 is 14.6 Å². The fourth-order valence-electron chi connectivity index (χ4n) is 2.20. The normalized spacial score (nSPS) is 13.9. The molecule has 0 aliphatic carbocycles. The van der Waals surface area contributed by atoms with E-state index in [1.54, 1.807) is 7.11 Å². The summed E-state index contributed by atoms with van der Waals surface area (Å²) in [4.78, 5) is 0. The molecule has 0 amide bonds. The van der Waals surface area contributed by atoms with E-state index < -0.39 is 6.10 Å². The summed E-state index contributed by atoms with van der Waals surface area (Å²) in [5.74, 6) is 0.815. The first-order valence-electron chi connectivity index (χ1n) is 7.81. The highest BCUT2D eigenvalue weighted by Crippen LogP contribution is 2.13. The Labute approximate surface area is 128 Å². The van der Waals surface area contributed by atoms with Crippen LogP contribution in [-0.4, -0.2) is 44.1 Å². The highest BCUT2D eigenvalue weighted by molar-refractivity contribution is 5.28. The van der Waals surface area contributed by atoms with Crippen LogP contribution in [0.15, 0.2) is 24.3 Å². The molecule has 1 aromatic carbocycles. The average molecular weight is 295 g/mol. The van der Waals surface area contributed by atoms with Crippen molar-refractivity contribution in [1.29, 1.82) is 0 Å². The van der Waals surface area contributed by atoms with Gasteiger partial charge in [-0.25, -0.2) is 0 Å². The topological polar surface area (TPSA) is 50.7 Å². The van der Waals surface area contributed by atoms with E-state index in [0.29, 0.717) is 19.8 Å². The fourth-order valence-corrected chi connectivity index (χ4v) is 2.20. The number of methoxy groups -OCH3 is 1. The molecule has 2 N–H and O–H groups in total. The average Bonchev–Trinajstić information content (AvgIpc) is 2.51. The van der Waals surface area contributed by atoms with E-state index in [4.69, 9.17) is 9.47 Å². The molecule has 21 heavy (non-hydrogen) atoms. The lowest BCUT2D eigenvalue weighted by atomic mass is 10.1. The smallest absolute Gasteiger partial charge is 0.119 e. The summed E-state index contributed by atoms with van der Waals surface area (Å²) in [6.07, 6.45) is 2.60. The Morgan fingerprint density at radius 2 is 2.05 bits per heavy atom. The second kappa shape index (κ2) is 10.6. The maximum atomic E-state index is 9.99. The van der Waals surface area contributed by atoms with Gasteiger partial charge in [-0.05, 0) is 30.5 Å². The molecule has 0 aliphatic heterocycles. The van der Waals surface area contributed by atoms with Crippen LogP contribution >= 0.6 is 0 Å². The zero-order valence-electron chi connectivity index (χ0n) is 13.5. The second-order valence-electron chi connectivity index (χ2n) is 5.31. The number of nitrogens with one attached hydrogen (secondary N) is 1. The number of rotatable bonds is 11. The van der Waals surface area contributed by atoms with E-state index in [9.17, 15) is 5.11 Å². The molecule has 0 saturated heterocycles. The third-order valence-electron chi connectivity index (χ3n) is 3.40. The van der Waals surface area contributed by atoms with Crippen LogP contribution in [0, 0.1) is 0 Å². The van der Waals surface area contributed by atoms with Gasteiger partial charge >= 0.3 is 0 Å². The number of hydrogen-bond donors (Lipinski definition) is 2. The minimum Gasteiger partial charge on any atom is -0.491 e. The molecule has 1 rings (SSSR count). The van der Waals surface area contributed by atoms with Gasteiger partial charge in [0, 0.05) is 19.7 Å². The summed E-state index contributed by atoms with van der Waals surface area (Å²) in [5, 5.41) is 13.3. The van der Waals surface area contributed by atoms with Crippen molar-refractivity contribution in [2.45, 2.75) is 45.3 Å². The van der Waals surface area contributed by atoms with Gasteiger partial charge in [0.2, 0.25) is 0 Å². The first-order chi connectivity index (χ1) is 10.2. The summed E-state index contributed by atoms with van der Waals surface area (Å²) >= 11 is 0. The molecule has 0 fully saturated rings. The largest absolute Gasteiger partial charge is 0.491 e. The van der Waals surface area contributed by atoms with Gasteiger partial charge in [0.15, 0.2) is 0 Å². The van der Waals surface area contributed by atoms with Crippen molar-refractivity contribution in [2.75, 3.05) is 26.9 Å². The van der Waals surface area contributed by atoms with Gasteiger partial charge in [0.05, 0.1) is 6.61 Å². The zero-order chi connectivity index (χ0) is 15.5. The standard InChI is InChI=1S/C17H29NO3/c1-4-7-15(12-20-3)18-11-16(19)13-21-17-9-6-8-14(5-2)10-17/h6,8-10,15-16,18-19H,4-5,7,11-13H2,1-3H3. The molecule has 0 spiro atoms. The molecule has 120 valence electrons. The molecule has 0 aliphatic rings. The SMILES string of the molecule is CCCC(COC)NCC(O)COc1cccc(CC)c1. The Morgan fingerprint density at radius 1 is 1.24 bits per heavy atom. The van der Waals surface area contributed by atoms with Gasteiger partial charge in [-0.3, -0.25) is 0 Å². The first-order valence-corrected chi connectivity index (χ1v) is 7.81. The van der Waals surface area contributed by atoms with E-state index in [1.165, 1.54) is 5.56 Å². The Hall–Kier alpha value is -1.10. The molecule has 0 heterocycles. The predicted octanol–water partition coefficient (Wildman–Crippen LogP) is 2.39. The van der Waals surface area contributed by atoms with Crippen molar-refractivity contribution in [2.24, 2.45) is 0 Å². The Bertz CT molecular complexity index is 378. The molecule has 0 aromatic heterocycles. The van der Waals surface area contributed by atoms with Gasteiger partial charge < -0.3 is 19.9 Å². The minimum absolute atomic E-state index is 0.290. The number of aryl methyl sites for hydroxylation is 1. The first kappa shape index (κ1) is 18.0. The van der Waals surface area contributed by atoms with E-state index in [-0.39, 0.29) is 6.04 Å². The summed E-state index contributed by atoms with van der Waals surface area (Å²) in [6.45, 7) is 5.74. The number of benzene rings is 1. The van der Waals surface area contributed by atoms with Crippen LogP contribution < -0.4 is 10.1 Å². The molecule has 0 bridgehead atoms. The van der Waals surface area contributed by atoms with Crippen molar-refractivity contribution in [1.82, 2.24) is 5.32 Å². The monoisotopic (exact) mass is 295 g/mol. The molecule has 2 unspecified atom stereocenters. The Balaban J connectivity index is 2.30. The third-order valence-corrected chi connectivity index (χ3v) is 3.40. The number of aliphatic hydroxyl groups is 1. The van der Waals surface area contributed by atoms with Crippen LogP contribution in [0.1, 0.15) is 32.3 Å². The second-order valence-corrected chi connectivity index (χ2v) is 5.31. The summed E-state index contributed by atoms with van der Waals surface area (Å²) in [7, 11) is 1.70. The third kappa shape index (κ3) is 7.46. The van der Waals surface area contributed by atoms with Gasteiger partial charge in [-0.1, -0.05) is 32.4 Å². The number of ether oxygens (including phenoxy) is 2. The van der Waals surface area contributed by atoms with Crippen LogP contribution in [0.5, 0.6) is 5.75 Å². The van der Waals surface area contributed by atoms with Crippen LogP contribution in [0.4, 0.5) is 0 Å².